The molecule has 9 atom stereocenters. The average Bonchev–Trinajstić information content (AvgIpc) is 3.06. The van der Waals surface area contributed by atoms with Crippen LogP contribution in [0.3, 0.4) is 0 Å². The number of carbonyl (C=O) groups is 1. The van der Waals surface area contributed by atoms with Gasteiger partial charge in [-0.25, -0.2) is 0 Å². The van der Waals surface area contributed by atoms with Crippen molar-refractivity contribution in [3.8, 4) is 0 Å². The topological polar surface area (TPSA) is 49.8 Å². The summed E-state index contributed by atoms with van der Waals surface area (Å²) in [4.78, 5) is 14.9. The number of ketones is 1. The van der Waals surface area contributed by atoms with E-state index < -0.39 is 0 Å². The third-order valence-electron chi connectivity index (χ3n) is 10.7. The molecule has 29 heavy (non-hydrogen) atoms. The molecule has 164 valence electrons. The predicted octanol–water partition coefficient (Wildman–Crippen LogP) is 3.91. The van der Waals surface area contributed by atoms with Gasteiger partial charge in [0.05, 0.1) is 19.3 Å². The fraction of sp³-hybridized carbons (Fsp3) is 0.960. The molecular weight excluding hydrogens is 362 g/mol. The highest BCUT2D eigenvalue weighted by Crippen LogP contribution is 2.67. The van der Waals surface area contributed by atoms with E-state index in [9.17, 15) is 9.90 Å². The van der Waals surface area contributed by atoms with E-state index in [1.165, 1.54) is 32.1 Å². The first-order chi connectivity index (χ1) is 13.8. The van der Waals surface area contributed by atoms with E-state index in [0.717, 1.165) is 63.3 Å². The van der Waals surface area contributed by atoms with Gasteiger partial charge in [0.15, 0.2) is 0 Å². The maximum Gasteiger partial charge on any atom is 0.133 e. The van der Waals surface area contributed by atoms with Gasteiger partial charge in [0, 0.05) is 25.0 Å². The Bertz CT molecular complexity index is 646. The monoisotopic (exact) mass is 403 g/mol. The van der Waals surface area contributed by atoms with Crippen LogP contribution in [0.2, 0.25) is 0 Å². The van der Waals surface area contributed by atoms with Crippen LogP contribution in [-0.2, 0) is 9.53 Å². The number of carbonyl (C=O) groups excluding carboxylic acids is 1. The van der Waals surface area contributed by atoms with E-state index in [4.69, 9.17) is 4.74 Å². The highest BCUT2D eigenvalue weighted by molar-refractivity contribution is 5.79. The lowest BCUT2D eigenvalue weighted by Crippen LogP contribution is -2.60. The maximum absolute atomic E-state index is 12.4. The Kier molecular flexibility index (Phi) is 5.15. The zero-order valence-corrected chi connectivity index (χ0v) is 18.7. The van der Waals surface area contributed by atoms with Crippen LogP contribution in [0.5, 0.6) is 0 Å². The predicted molar refractivity (Wildman–Crippen MR) is 113 cm³/mol. The maximum atomic E-state index is 12.4. The lowest BCUT2D eigenvalue weighted by Gasteiger charge is -2.62. The average molecular weight is 404 g/mol. The number of ether oxygens (including phenoxy) is 1. The zero-order valence-electron chi connectivity index (χ0n) is 18.7. The number of nitrogens with zero attached hydrogens (tertiary/aromatic N) is 1. The van der Waals surface area contributed by atoms with E-state index in [1.54, 1.807) is 0 Å². The molecule has 1 N–H and O–H groups in total. The zero-order chi connectivity index (χ0) is 20.4. The molecule has 1 heterocycles. The number of hydrogen-bond acceptors (Lipinski definition) is 4. The van der Waals surface area contributed by atoms with Gasteiger partial charge < -0.3 is 9.84 Å². The minimum Gasteiger partial charge on any atom is -0.391 e. The number of morpholine rings is 1. The first kappa shape index (κ1) is 20.5. The molecule has 1 saturated heterocycles. The second-order valence-electron chi connectivity index (χ2n) is 11.7. The molecule has 1 aliphatic heterocycles. The van der Waals surface area contributed by atoms with Crippen LogP contribution in [0.4, 0.5) is 0 Å². The SMILES string of the molecule is CC(=O)C1CCC2C3CCC4CC(O)C(N5CCOCC5)C[C@]4(C)C3CC[C@]12C. The van der Waals surface area contributed by atoms with Crippen molar-refractivity contribution in [2.24, 2.45) is 40.4 Å². The Morgan fingerprint density at radius 1 is 1.00 bits per heavy atom. The fourth-order valence-electron chi connectivity index (χ4n) is 9.22. The number of rotatable bonds is 2. The minimum absolute atomic E-state index is 0.176. The number of aliphatic hydroxyl groups is 1. The van der Waals surface area contributed by atoms with E-state index in [2.05, 4.69) is 18.7 Å². The third kappa shape index (κ3) is 3.07. The molecule has 0 aromatic rings. The van der Waals surface area contributed by atoms with Gasteiger partial charge in [0.25, 0.3) is 0 Å². The normalized spacial score (nSPS) is 53.0. The van der Waals surface area contributed by atoms with Gasteiger partial charge in [-0.1, -0.05) is 13.8 Å². The van der Waals surface area contributed by atoms with E-state index >= 15 is 0 Å². The smallest absolute Gasteiger partial charge is 0.133 e. The molecule has 7 unspecified atom stereocenters. The van der Waals surface area contributed by atoms with E-state index in [1.807, 2.05) is 6.92 Å². The van der Waals surface area contributed by atoms with Crippen LogP contribution in [0.25, 0.3) is 0 Å². The highest BCUT2D eigenvalue weighted by Gasteiger charge is 2.61. The van der Waals surface area contributed by atoms with Crippen molar-refractivity contribution < 1.29 is 14.6 Å². The number of fused-ring (bicyclic) bond motifs is 5. The van der Waals surface area contributed by atoms with Gasteiger partial charge in [0.2, 0.25) is 0 Å². The molecule has 4 aliphatic carbocycles. The Morgan fingerprint density at radius 2 is 1.72 bits per heavy atom. The molecule has 4 nitrogen and oxygen atoms in total. The van der Waals surface area contributed by atoms with Crippen molar-refractivity contribution >= 4 is 5.78 Å². The third-order valence-corrected chi connectivity index (χ3v) is 10.7. The molecule has 0 spiro atoms. The standard InChI is InChI=1S/C25H41NO3/c1-16(27)19-6-7-20-18-5-4-17-14-23(28)22(26-10-12-29-13-11-26)15-25(17,3)21(18)8-9-24(19,20)2/h17-23,28H,4-15H2,1-3H3/t17?,18?,19?,20?,21?,22?,23?,24-,25+/m1/s1. The van der Waals surface area contributed by atoms with Crippen molar-refractivity contribution in [2.45, 2.75) is 84.3 Å². The van der Waals surface area contributed by atoms with Crippen molar-refractivity contribution in [1.82, 2.24) is 4.90 Å². The molecule has 5 fully saturated rings. The first-order valence-electron chi connectivity index (χ1n) is 12.3. The van der Waals surface area contributed by atoms with Crippen molar-refractivity contribution in [2.75, 3.05) is 26.3 Å². The lowest BCUT2D eigenvalue weighted by molar-refractivity contribution is -0.156. The molecule has 4 heteroatoms. The van der Waals surface area contributed by atoms with Gasteiger partial charge >= 0.3 is 0 Å². The number of aliphatic hydroxyl groups excluding tert-OH is 1. The summed E-state index contributed by atoms with van der Waals surface area (Å²) >= 11 is 0. The van der Waals surface area contributed by atoms with Crippen LogP contribution in [-0.4, -0.2) is 54.2 Å². The molecule has 4 saturated carbocycles. The van der Waals surface area contributed by atoms with E-state index in [0.29, 0.717) is 29.1 Å². The van der Waals surface area contributed by atoms with Gasteiger partial charge in [-0.2, -0.15) is 0 Å². The summed E-state index contributed by atoms with van der Waals surface area (Å²) in [5, 5.41) is 11.0. The molecule has 0 radical (unpaired) electrons. The molecule has 5 rings (SSSR count). The van der Waals surface area contributed by atoms with Crippen LogP contribution in [0, 0.1) is 40.4 Å². The van der Waals surface area contributed by atoms with Gasteiger partial charge in [-0.05, 0) is 92.8 Å². The molecule has 0 bridgehead atoms. The van der Waals surface area contributed by atoms with Gasteiger partial charge in [0.1, 0.15) is 5.78 Å². The molecule has 0 amide bonds. The highest BCUT2D eigenvalue weighted by atomic mass is 16.5. The van der Waals surface area contributed by atoms with Crippen molar-refractivity contribution in [3.05, 3.63) is 0 Å². The number of Topliss-reactive ketones (excluding diaryl/α,β-unsaturated/α-hetero) is 1. The van der Waals surface area contributed by atoms with Gasteiger partial charge in [-0.3, -0.25) is 9.69 Å². The summed E-state index contributed by atoms with van der Waals surface area (Å²) in [6, 6.07) is 0.306. The second-order valence-corrected chi connectivity index (χ2v) is 11.7. The molecule has 5 aliphatic rings. The Labute approximate surface area is 176 Å². The number of hydrogen-bond donors (Lipinski definition) is 1. The van der Waals surface area contributed by atoms with Crippen LogP contribution in [0.15, 0.2) is 0 Å². The van der Waals surface area contributed by atoms with Crippen molar-refractivity contribution in [3.63, 3.8) is 0 Å². The minimum atomic E-state index is -0.176. The first-order valence-corrected chi connectivity index (χ1v) is 12.3. The summed E-state index contributed by atoms with van der Waals surface area (Å²) in [5.41, 5.74) is 0.592. The van der Waals surface area contributed by atoms with Crippen LogP contribution in [0.1, 0.15) is 72.1 Å². The molecular formula is C25H41NO3. The van der Waals surface area contributed by atoms with Crippen LogP contribution < -0.4 is 0 Å². The summed E-state index contributed by atoms with van der Waals surface area (Å²) in [6.45, 7) is 10.4. The summed E-state index contributed by atoms with van der Waals surface area (Å²) < 4.78 is 5.58. The Balaban J connectivity index is 1.40. The van der Waals surface area contributed by atoms with Crippen molar-refractivity contribution in [1.29, 1.82) is 0 Å². The lowest BCUT2D eigenvalue weighted by atomic mass is 9.44. The quantitative estimate of drug-likeness (QED) is 0.760. The summed E-state index contributed by atoms with van der Waals surface area (Å²) in [7, 11) is 0. The summed E-state index contributed by atoms with van der Waals surface area (Å²) in [5.74, 6) is 3.71. The van der Waals surface area contributed by atoms with Gasteiger partial charge in [-0.15, -0.1) is 0 Å². The van der Waals surface area contributed by atoms with Crippen LogP contribution >= 0.6 is 0 Å². The Hall–Kier alpha value is -0.450. The Morgan fingerprint density at radius 3 is 2.45 bits per heavy atom. The van der Waals surface area contributed by atoms with E-state index in [-0.39, 0.29) is 11.5 Å². The summed E-state index contributed by atoms with van der Waals surface area (Å²) in [6.07, 6.45) is 9.47. The molecule has 0 aromatic carbocycles. The molecule has 0 aromatic heterocycles. The second kappa shape index (κ2) is 7.31. The largest absolute Gasteiger partial charge is 0.391 e. The fourth-order valence-corrected chi connectivity index (χ4v) is 9.22.